The van der Waals surface area contributed by atoms with Gasteiger partial charge in [0.15, 0.2) is 0 Å². The minimum atomic E-state index is -2.32. The molecule has 0 rings (SSSR count). The SMILES string of the molecule is CCCCC[Si](OC)(OC)OCCCC. The molecule has 0 unspecified atom stereocenters. The van der Waals surface area contributed by atoms with Crippen LogP contribution in [0.5, 0.6) is 0 Å². The average Bonchev–Trinajstić information content (AvgIpc) is 2.28. The predicted octanol–water partition coefficient (Wildman–Crippen LogP) is 3.23. The van der Waals surface area contributed by atoms with Crippen LogP contribution in [-0.4, -0.2) is 29.6 Å². The minimum Gasteiger partial charge on any atom is -0.377 e. The van der Waals surface area contributed by atoms with Crippen molar-refractivity contribution in [2.75, 3.05) is 20.8 Å². The van der Waals surface area contributed by atoms with Gasteiger partial charge in [-0.15, -0.1) is 0 Å². The molecule has 0 spiro atoms. The van der Waals surface area contributed by atoms with Crippen molar-refractivity contribution in [3.05, 3.63) is 0 Å². The summed E-state index contributed by atoms with van der Waals surface area (Å²) >= 11 is 0. The van der Waals surface area contributed by atoms with Gasteiger partial charge in [0.25, 0.3) is 0 Å². The molecule has 0 N–H and O–H groups in total. The molecule has 0 aliphatic heterocycles. The highest BCUT2D eigenvalue weighted by Crippen LogP contribution is 2.18. The van der Waals surface area contributed by atoms with Gasteiger partial charge in [-0.05, 0) is 12.8 Å². The van der Waals surface area contributed by atoms with E-state index in [-0.39, 0.29) is 0 Å². The van der Waals surface area contributed by atoms with Crippen molar-refractivity contribution in [3.8, 4) is 0 Å². The van der Waals surface area contributed by atoms with Crippen molar-refractivity contribution >= 4 is 8.80 Å². The number of rotatable bonds is 10. The first-order valence-corrected chi connectivity index (χ1v) is 7.92. The Bertz CT molecular complexity index is 126. The van der Waals surface area contributed by atoms with Crippen LogP contribution in [-0.2, 0) is 13.3 Å². The normalized spacial score (nSPS) is 12.0. The Morgan fingerprint density at radius 3 is 1.93 bits per heavy atom. The molecule has 92 valence electrons. The summed E-state index contributed by atoms with van der Waals surface area (Å²) in [7, 11) is 1.09. The fourth-order valence-electron chi connectivity index (χ4n) is 1.44. The Balaban J connectivity index is 3.93. The highest BCUT2D eigenvalue weighted by Gasteiger charge is 2.37. The lowest BCUT2D eigenvalue weighted by Crippen LogP contribution is -2.44. The summed E-state index contributed by atoms with van der Waals surface area (Å²) < 4.78 is 16.8. The molecule has 0 aromatic carbocycles. The molecule has 4 heteroatoms. The molecule has 0 atom stereocenters. The predicted molar refractivity (Wildman–Crippen MR) is 65.0 cm³/mol. The van der Waals surface area contributed by atoms with Crippen LogP contribution in [0.4, 0.5) is 0 Å². The van der Waals surface area contributed by atoms with Crippen LogP contribution in [0, 0.1) is 0 Å². The van der Waals surface area contributed by atoms with Crippen molar-refractivity contribution in [1.82, 2.24) is 0 Å². The molecular weight excluding hydrogens is 208 g/mol. The van der Waals surface area contributed by atoms with E-state index >= 15 is 0 Å². The summed E-state index contributed by atoms with van der Waals surface area (Å²) in [5, 5.41) is 0. The zero-order valence-corrected chi connectivity index (χ0v) is 11.7. The first-order chi connectivity index (χ1) is 7.24. The van der Waals surface area contributed by atoms with E-state index in [1.54, 1.807) is 14.2 Å². The maximum Gasteiger partial charge on any atom is 0.500 e. The van der Waals surface area contributed by atoms with Gasteiger partial charge in [0.1, 0.15) is 0 Å². The van der Waals surface area contributed by atoms with Gasteiger partial charge in [-0.25, -0.2) is 0 Å². The molecule has 3 nitrogen and oxygen atoms in total. The summed E-state index contributed by atoms with van der Waals surface area (Å²) in [6.45, 7) is 5.11. The second kappa shape index (κ2) is 9.33. The van der Waals surface area contributed by atoms with E-state index < -0.39 is 8.80 Å². The molecule has 0 radical (unpaired) electrons. The first kappa shape index (κ1) is 15.1. The van der Waals surface area contributed by atoms with Crippen molar-refractivity contribution in [2.45, 2.75) is 52.0 Å². The lowest BCUT2D eigenvalue weighted by atomic mass is 10.3. The maximum absolute atomic E-state index is 5.81. The van der Waals surface area contributed by atoms with E-state index in [0.717, 1.165) is 31.9 Å². The summed E-state index contributed by atoms with van der Waals surface area (Å²) in [6, 6.07) is 0.942. The molecule has 0 aromatic rings. The van der Waals surface area contributed by atoms with E-state index in [0.29, 0.717) is 0 Å². The molecule has 0 heterocycles. The van der Waals surface area contributed by atoms with Gasteiger partial charge in [-0.3, -0.25) is 0 Å². The minimum absolute atomic E-state index is 0.760. The third kappa shape index (κ3) is 6.30. The molecule has 15 heavy (non-hydrogen) atoms. The molecule has 0 saturated heterocycles. The van der Waals surface area contributed by atoms with E-state index in [9.17, 15) is 0 Å². The van der Waals surface area contributed by atoms with Crippen LogP contribution in [0.1, 0.15) is 46.0 Å². The van der Waals surface area contributed by atoms with Crippen molar-refractivity contribution < 1.29 is 13.3 Å². The first-order valence-electron chi connectivity index (χ1n) is 5.99. The second-order valence-electron chi connectivity index (χ2n) is 3.75. The number of hydrogen-bond acceptors (Lipinski definition) is 3. The molecule has 0 aliphatic carbocycles. The van der Waals surface area contributed by atoms with E-state index in [1.165, 1.54) is 12.8 Å². The van der Waals surface area contributed by atoms with Crippen LogP contribution in [0.15, 0.2) is 0 Å². The molecule has 0 fully saturated rings. The zero-order valence-electron chi connectivity index (χ0n) is 10.7. The molecule has 0 aliphatic rings. The highest BCUT2D eigenvalue weighted by molar-refractivity contribution is 6.60. The lowest BCUT2D eigenvalue weighted by molar-refractivity contribution is 0.0961. The van der Waals surface area contributed by atoms with Gasteiger partial charge >= 0.3 is 8.80 Å². The van der Waals surface area contributed by atoms with Gasteiger partial charge in [-0.2, -0.15) is 0 Å². The fourth-order valence-corrected chi connectivity index (χ4v) is 3.53. The Kier molecular flexibility index (Phi) is 9.39. The number of unbranched alkanes of at least 4 members (excludes halogenated alkanes) is 3. The van der Waals surface area contributed by atoms with Gasteiger partial charge in [0.2, 0.25) is 0 Å². The quantitative estimate of drug-likeness (QED) is 0.429. The van der Waals surface area contributed by atoms with Crippen LogP contribution in [0.3, 0.4) is 0 Å². The summed E-state index contributed by atoms with van der Waals surface area (Å²) in [6.07, 6.45) is 5.80. The summed E-state index contributed by atoms with van der Waals surface area (Å²) in [5.41, 5.74) is 0. The molecule has 0 aromatic heterocycles. The maximum atomic E-state index is 5.81. The van der Waals surface area contributed by atoms with Gasteiger partial charge in [0, 0.05) is 26.9 Å². The zero-order chi connectivity index (χ0) is 11.6. The van der Waals surface area contributed by atoms with E-state index in [4.69, 9.17) is 13.3 Å². The molecule has 0 bridgehead atoms. The van der Waals surface area contributed by atoms with Crippen LogP contribution < -0.4 is 0 Å². The molecular formula is C11H26O3Si. The fraction of sp³-hybridized carbons (Fsp3) is 1.00. The van der Waals surface area contributed by atoms with Crippen molar-refractivity contribution in [3.63, 3.8) is 0 Å². The standard InChI is InChI=1S/C11H26O3Si/c1-5-7-9-11-15(12-3,13-4)14-10-8-6-2/h5-11H2,1-4H3. The number of hydrogen-bond donors (Lipinski definition) is 0. The lowest BCUT2D eigenvalue weighted by Gasteiger charge is -2.26. The average molecular weight is 234 g/mol. The highest BCUT2D eigenvalue weighted by atomic mass is 28.4. The van der Waals surface area contributed by atoms with Gasteiger partial charge in [-0.1, -0.05) is 33.1 Å². The Labute approximate surface area is 95.5 Å². The van der Waals surface area contributed by atoms with Crippen LogP contribution >= 0.6 is 0 Å². The third-order valence-electron chi connectivity index (χ3n) is 2.53. The third-order valence-corrected chi connectivity index (χ3v) is 5.38. The summed E-state index contributed by atoms with van der Waals surface area (Å²) in [4.78, 5) is 0. The summed E-state index contributed by atoms with van der Waals surface area (Å²) in [5.74, 6) is 0. The second-order valence-corrected chi connectivity index (χ2v) is 6.72. The topological polar surface area (TPSA) is 27.7 Å². The van der Waals surface area contributed by atoms with Crippen LogP contribution in [0.2, 0.25) is 6.04 Å². The Hall–Kier alpha value is 0.0969. The smallest absolute Gasteiger partial charge is 0.377 e. The van der Waals surface area contributed by atoms with Gasteiger partial charge < -0.3 is 13.3 Å². The van der Waals surface area contributed by atoms with Crippen molar-refractivity contribution in [2.24, 2.45) is 0 Å². The van der Waals surface area contributed by atoms with E-state index in [2.05, 4.69) is 13.8 Å². The largest absolute Gasteiger partial charge is 0.500 e. The Morgan fingerprint density at radius 1 is 0.867 bits per heavy atom. The van der Waals surface area contributed by atoms with Crippen LogP contribution in [0.25, 0.3) is 0 Å². The molecule has 0 saturated carbocycles. The van der Waals surface area contributed by atoms with Crippen molar-refractivity contribution in [1.29, 1.82) is 0 Å². The van der Waals surface area contributed by atoms with Gasteiger partial charge in [0.05, 0.1) is 0 Å². The molecule has 0 amide bonds. The van der Waals surface area contributed by atoms with E-state index in [1.807, 2.05) is 0 Å². The Morgan fingerprint density at radius 2 is 1.47 bits per heavy atom. The monoisotopic (exact) mass is 234 g/mol.